The lowest BCUT2D eigenvalue weighted by Crippen LogP contribution is -2.40. The summed E-state index contributed by atoms with van der Waals surface area (Å²) in [6.45, 7) is 5.53. The van der Waals surface area contributed by atoms with Crippen LogP contribution in [-0.4, -0.2) is 72.5 Å². The van der Waals surface area contributed by atoms with Crippen molar-refractivity contribution in [3.63, 3.8) is 0 Å². The van der Waals surface area contributed by atoms with Gasteiger partial charge in [-0.1, -0.05) is 6.07 Å². The van der Waals surface area contributed by atoms with Gasteiger partial charge in [0.1, 0.15) is 0 Å². The van der Waals surface area contributed by atoms with Crippen molar-refractivity contribution in [1.29, 1.82) is 0 Å². The molecule has 4 rings (SSSR count). The lowest BCUT2D eigenvalue weighted by Gasteiger charge is -2.30. The molecule has 0 radical (unpaired) electrons. The summed E-state index contributed by atoms with van der Waals surface area (Å²) in [5, 5.41) is 0. The fourth-order valence-electron chi connectivity index (χ4n) is 2.86. The molecule has 0 unspecified atom stereocenters. The first-order chi connectivity index (χ1) is 12.3. The molecule has 2 saturated heterocycles. The Kier molecular flexibility index (Phi) is 4.57. The third-order valence-corrected chi connectivity index (χ3v) is 4.21. The fourth-order valence-corrected chi connectivity index (χ4v) is 2.86. The molecule has 2 aliphatic rings. The van der Waals surface area contributed by atoms with E-state index in [1.165, 1.54) is 6.07 Å². The lowest BCUT2D eigenvalue weighted by molar-refractivity contribution is 0.121. The van der Waals surface area contributed by atoms with Gasteiger partial charge in [-0.3, -0.25) is 4.79 Å². The van der Waals surface area contributed by atoms with E-state index in [1.54, 1.807) is 12.1 Å². The predicted octanol–water partition coefficient (Wildman–Crippen LogP) is -0.0999. The molecule has 0 aliphatic carbocycles. The van der Waals surface area contributed by atoms with Crippen LogP contribution in [0.2, 0.25) is 0 Å². The largest absolute Gasteiger partial charge is 0.378 e. The minimum Gasteiger partial charge on any atom is -0.378 e. The molecule has 0 aromatic carbocycles. The highest BCUT2D eigenvalue weighted by Gasteiger charge is 2.21. The summed E-state index contributed by atoms with van der Waals surface area (Å²) in [7, 11) is 0. The Morgan fingerprint density at radius 1 is 0.840 bits per heavy atom. The Hall–Kier alpha value is -2.52. The Bertz CT molecular complexity index is 747. The fraction of sp³-hybridized carbons (Fsp3) is 0.500. The molecular weight excluding hydrogens is 324 g/mol. The van der Waals surface area contributed by atoms with Crippen LogP contribution in [0.1, 0.15) is 0 Å². The minimum absolute atomic E-state index is 0.182. The van der Waals surface area contributed by atoms with Crippen molar-refractivity contribution in [3.8, 4) is 11.5 Å². The average molecular weight is 344 g/mol. The second-order valence-corrected chi connectivity index (χ2v) is 5.89. The number of nitrogens with one attached hydrogen (secondary N) is 1. The zero-order valence-electron chi connectivity index (χ0n) is 13.8. The van der Waals surface area contributed by atoms with E-state index >= 15 is 0 Å². The molecule has 4 heterocycles. The van der Waals surface area contributed by atoms with Crippen molar-refractivity contribution in [3.05, 3.63) is 28.6 Å². The van der Waals surface area contributed by atoms with Crippen molar-refractivity contribution in [2.75, 3.05) is 62.4 Å². The molecule has 1 N–H and O–H groups in total. The molecule has 0 atom stereocenters. The van der Waals surface area contributed by atoms with Crippen molar-refractivity contribution < 1.29 is 9.47 Å². The Balaban J connectivity index is 1.75. The third kappa shape index (κ3) is 3.62. The molecule has 132 valence electrons. The molecule has 0 amide bonds. The number of morpholine rings is 2. The Morgan fingerprint density at radius 2 is 1.40 bits per heavy atom. The molecule has 2 aromatic heterocycles. The second kappa shape index (κ2) is 7.16. The monoisotopic (exact) mass is 344 g/mol. The van der Waals surface area contributed by atoms with Crippen LogP contribution in [0.15, 0.2) is 23.0 Å². The maximum Gasteiger partial charge on any atom is 0.248 e. The van der Waals surface area contributed by atoms with Gasteiger partial charge < -0.3 is 24.3 Å². The van der Waals surface area contributed by atoms with Gasteiger partial charge in [-0.05, 0) is 6.07 Å². The topological polar surface area (TPSA) is 96.5 Å². The van der Waals surface area contributed by atoms with Crippen LogP contribution in [0.3, 0.4) is 0 Å². The molecule has 2 aromatic rings. The van der Waals surface area contributed by atoms with E-state index in [0.717, 1.165) is 26.2 Å². The number of ether oxygens (including phenoxy) is 2. The standard InChI is InChI=1S/C16H20N6O3/c23-13-3-1-2-12(17-13)14-18-15(21-4-8-24-9-5-21)20-16(19-14)22-6-10-25-11-7-22/h1-3H,4-11H2,(H,17,23). The van der Waals surface area contributed by atoms with E-state index in [4.69, 9.17) is 9.47 Å². The van der Waals surface area contributed by atoms with Gasteiger partial charge in [-0.15, -0.1) is 0 Å². The molecule has 25 heavy (non-hydrogen) atoms. The molecule has 9 heteroatoms. The van der Waals surface area contributed by atoms with Gasteiger partial charge in [0.15, 0.2) is 5.82 Å². The molecule has 0 spiro atoms. The van der Waals surface area contributed by atoms with Gasteiger partial charge in [-0.25, -0.2) is 0 Å². The molecule has 0 bridgehead atoms. The summed E-state index contributed by atoms with van der Waals surface area (Å²) in [5.74, 6) is 1.69. The van der Waals surface area contributed by atoms with Gasteiger partial charge in [0.25, 0.3) is 0 Å². The van der Waals surface area contributed by atoms with Crippen LogP contribution >= 0.6 is 0 Å². The van der Waals surface area contributed by atoms with Crippen LogP contribution < -0.4 is 15.4 Å². The number of aromatic amines is 1. The molecule has 2 aliphatic heterocycles. The maximum absolute atomic E-state index is 11.7. The normalized spacial score (nSPS) is 18.4. The first-order valence-electron chi connectivity index (χ1n) is 8.41. The minimum atomic E-state index is -0.182. The van der Waals surface area contributed by atoms with Gasteiger partial charge in [0.05, 0.1) is 32.1 Å². The number of H-pyrrole nitrogens is 1. The average Bonchev–Trinajstić information content (AvgIpc) is 2.69. The van der Waals surface area contributed by atoms with E-state index < -0.39 is 0 Å². The van der Waals surface area contributed by atoms with Crippen molar-refractivity contribution in [1.82, 2.24) is 19.9 Å². The first kappa shape index (κ1) is 16.0. The summed E-state index contributed by atoms with van der Waals surface area (Å²) in [5.41, 5.74) is 0.401. The highest BCUT2D eigenvalue weighted by Crippen LogP contribution is 2.20. The van der Waals surface area contributed by atoms with Gasteiger partial charge >= 0.3 is 0 Å². The van der Waals surface area contributed by atoms with E-state index in [9.17, 15) is 4.79 Å². The van der Waals surface area contributed by atoms with Crippen molar-refractivity contribution in [2.45, 2.75) is 0 Å². The van der Waals surface area contributed by atoms with Gasteiger partial charge in [0, 0.05) is 32.2 Å². The quantitative estimate of drug-likeness (QED) is 0.825. The summed E-state index contributed by atoms with van der Waals surface area (Å²) >= 11 is 0. The summed E-state index contributed by atoms with van der Waals surface area (Å²) < 4.78 is 10.8. The third-order valence-electron chi connectivity index (χ3n) is 4.21. The first-order valence-corrected chi connectivity index (χ1v) is 8.41. The smallest absolute Gasteiger partial charge is 0.248 e. The van der Waals surface area contributed by atoms with Crippen molar-refractivity contribution in [2.24, 2.45) is 0 Å². The molecular formula is C16H20N6O3. The highest BCUT2D eigenvalue weighted by molar-refractivity contribution is 5.54. The SMILES string of the molecule is O=c1cccc(-c2nc(N3CCOCC3)nc(N3CCOCC3)n2)[nH]1. The Labute approximate surface area is 144 Å². The van der Waals surface area contributed by atoms with Crippen LogP contribution in [0.4, 0.5) is 11.9 Å². The van der Waals surface area contributed by atoms with E-state index in [2.05, 4.69) is 29.7 Å². The molecule has 0 saturated carbocycles. The summed E-state index contributed by atoms with van der Waals surface area (Å²) in [4.78, 5) is 32.4. The number of hydrogen-bond donors (Lipinski definition) is 1. The van der Waals surface area contributed by atoms with E-state index in [1.807, 2.05) is 0 Å². The summed E-state index contributed by atoms with van der Waals surface area (Å²) in [6.07, 6.45) is 0. The maximum atomic E-state index is 11.7. The second-order valence-electron chi connectivity index (χ2n) is 5.89. The number of hydrogen-bond acceptors (Lipinski definition) is 8. The zero-order valence-corrected chi connectivity index (χ0v) is 13.8. The number of aromatic nitrogens is 4. The van der Waals surface area contributed by atoms with Crippen LogP contribution in [0, 0.1) is 0 Å². The number of nitrogens with zero attached hydrogens (tertiary/aromatic N) is 5. The van der Waals surface area contributed by atoms with E-state index in [-0.39, 0.29) is 5.56 Å². The summed E-state index contributed by atoms with van der Waals surface area (Å²) in [6, 6.07) is 4.96. The van der Waals surface area contributed by atoms with Crippen molar-refractivity contribution >= 4 is 11.9 Å². The van der Waals surface area contributed by atoms with Crippen LogP contribution in [0.5, 0.6) is 0 Å². The zero-order chi connectivity index (χ0) is 17.1. The number of pyridine rings is 1. The van der Waals surface area contributed by atoms with Crippen LogP contribution in [0.25, 0.3) is 11.5 Å². The van der Waals surface area contributed by atoms with Gasteiger partial charge in [0.2, 0.25) is 17.5 Å². The predicted molar refractivity (Wildman–Crippen MR) is 91.9 cm³/mol. The van der Waals surface area contributed by atoms with Gasteiger partial charge in [-0.2, -0.15) is 15.0 Å². The lowest BCUT2D eigenvalue weighted by atomic mass is 10.3. The number of rotatable bonds is 3. The number of anilines is 2. The molecule has 2 fully saturated rings. The van der Waals surface area contributed by atoms with E-state index in [0.29, 0.717) is 49.8 Å². The highest BCUT2D eigenvalue weighted by atomic mass is 16.5. The van der Waals surface area contributed by atoms with Crippen LogP contribution in [-0.2, 0) is 9.47 Å². The molecule has 9 nitrogen and oxygen atoms in total. The Morgan fingerprint density at radius 3 is 1.92 bits per heavy atom.